The van der Waals surface area contributed by atoms with Crippen molar-refractivity contribution in [3.63, 3.8) is 0 Å². The van der Waals surface area contributed by atoms with Gasteiger partial charge in [0.15, 0.2) is 11.6 Å². The molecule has 0 saturated heterocycles. The van der Waals surface area contributed by atoms with Crippen LogP contribution >= 0.6 is 0 Å². The summed E-state index contributed by atoms with van der Waals surface area (Å²) >= 11 is 0. The minimum absolute atomic E-state index is 0.125. The Bertz CT molecular complexity index is 505. The number of hydrogen-bond acceptors (Lipinski definition) is 3. The lowest BCUT2D eigenvalue weighted by Gasteiger charge is -2.07. The molecule has 0 aliphatic carbocycles. The van der Waals surface area contributed by atoms with Crippen molar-refractivity contribution in [3.8, 4) is 5.75 Å². The Morgan fingerprint density at radius 3 is 2.59 bits per heavy atom. The molecule has 0 aliphatic rings. The fourth-order valence-corrected chi connectivity index (χ4v) is 2.05. The molecule has 5 nitrogen and oxygen atoms in total. The van der Waals surface area contributed by atoms with Crippen LogP contribution in [0.5, 0.6) is 5.75 Å². The average molecular weight is 311 g/mol. The second-order valence-corrected chi connectivity index (χ2v) is 5.05. The molecular weight excluding hydrogens is 289 g/mol. The van der Waals surface area contributed by atoms with Crippen LogP contribution < -0.4 is 10.1 Å². The summed E-state index contributed by atoms with van der Waals surface area (Å²) in [5, 5.41) is 11.3. The van der Waals surface area contributed by atoms with Crippen molar-refractivity contribution in [1.29, 1.82) is 0 Å². The van der Waals surface area contributed by atoms with E-state index in [1.54, 1.807) is 6.07 Å². The quantitative estimate of drug-likeness (QED) is 0.651. The third-order valence-corrected chi connectivity index (χ3v) is 3.22. The van der Waals surface area contributed by atoms with Crippen molar-refractivity contribution in [3.05, 3.63) is 29.6 Å². The molecule has 0 bridgehead atoms. The van der Waals surface area contributed by atoms with Crippen molar-refractivity contribution in [2.24, 2.45) is 0 Å². The lowest BCUT2D eigenvalue weighted by molar-refractivity contribution is -0.137. The highest BCUT2D eigenvalue weighted by Crippen LogP contribution is 2.17. The SMILES string of the molecule is COc1ccc(CC(=O)NCCCCCCC(=O)O)cc1F. The van der Waals surface area contributed by atoms with Crippen LogP contribution in [0.25, 0.3) is 0 Å². The Morgan fingerprint density at radius 2 is 1.95 bits per heavy atom. The average Bonchev–Trinajstić information content (AvgIpc) is 2.46. The standard InChI is InChI=1S/C16H22FNO4/c1-22-14-8-7-12(10-13(14)17)11-15(19)18-9-5-3-2-4-6-16(20)21/h7-8,10H,2-6,9,11H2,1H3,(H,18,19)(H,20,21). The first-order chi connectivity index (χ1) is 10.5. The van der Waals surface area contributed by atoms with Crippen molar-refractivity contribution < 1.29 is 23.8 Å². The first-order valence-electron chi connectivity index (χ1n) is 7.34. The fraction of sp³-hybridized carbons (Fsp3) is 0.500. The molecule has 122 valence electrons. The first-order valence-corrected chi connectivity index (χ1v) is 7.34. The van der Waals surface area contributed by atoms with E-state index in [9.17, 15) is 14.0 Å². The topological polar surface area (TPSA) is 75.6 Å². The van der Waals surface area contributed by atoms with Crippen LogP contribution in [0.1, 0.15) is 37.7 Å². The molecule has 6 heteroatoms. The molecule has 0 aliphatic heterocycles. The predicted octanol–water partition coefficient (Wildman–Crippen LogP) is 2.53. The van der Waals surface area contributed by atoms with Gasteiger partial charge in [-0.1, -0.05) is 18.9 Å². The summed E-state index contributed by atoms with van der Waals surface area (Å²) in [5.41, 5.74) is 0.595. The van der Waals surface area contributed by atoms with E-state index in [0.717, 1.165) is 19.3 Å². The monoisotopic (exact) mass is 311 g/mol. The molecule has 22 heavy (non-hydrogen) atoms. The molecule has 0 saturated carbocycles. The Morgan fingerprint density at radius 1 is 1.23 bits per heavy atom. The molecule has 1 amide bonds. The summed E-state index contributed by atoms with van der Waals surface area (Å²) in [4.78, 5) is 22.0. The van der Waals surface area contributed by atoms with Crippen LogP contribution in [0, 0.1) is 5.82 Å². The van der Waals surface area contributed by atoms with Gasteiger partial charge in [-0.3, -0.25) is 9.59 Å². The van der Waals surface area contributed by atoms with Crippen LogP contribution in [-0.4, -0.2) is 30.6 Å². The zero-order valence-corrected chi connectivity index (χ0v) is 12.7. The maximum atomic E-state index is 13.5. The molecule has 1 aromatic carbocycles. The summed E-state index contributed by atoms with van der Waals surface area (Å²) in [6, 6.07) is 4.46. The minimum atomic E-state index is -0.778. The molecule has 0 spiro atoms. The zero-order chi connectivity index (χ0) is 16.4. The number of nitrogens with one attached hydrogen (secondary N) is 1. The largest absolute Gasteiger partial charge is 0.494 e. The third kappa shape index (κ3) is 7.06. The molecule has 0 radical (unpaired) electrons. The number of benzene rings is 1. The van der Waals surface area contributed by atoms with E-state index >= 15 is 0 Å². The number of rotatable bonds is 10. The molecular formula is C16H22FNO4. The van der Waals surface area contributed by atoms with E-state index in [0.29, 0.717) is 18.5 Å². The summed E-state index contributed by atoms with van der Waals surface area (Å²) < 4.78 is 18.3. The molecule has 1 rings (SSSR count). The summed E-state index contributed by atoms with van der Waals surface area (Å²) in [5.74, 6) is -1.26. The van der Waals surface area contributed by atoms with Crippen molar-refractivity contribution in [2.45, 2.75) is 38.5 Å². The fourth-order valence-electron chi connectivity index (χ4n) is 2.05. The van der Waals surface area contributed by atoms with Crippen molar-refractivity contribution >= 4 is 11.9 Å². The van der Waals surface area contributed by atoms with Crippen molar-refractivity contribution in [1.82, 2.24) is 5.32 Å². The van der Waals surface area contributed by atoms with Gasteiger partial charge in [-0.25, -0.2) is 4.39 Å². The van der Waals surface area contributed by atoms with Gasteiger partial charge in [0.2, 0.25) is 5.91 Å². The number of carboxylic acids is 1. The molecule has 0 atom stereocenters. The van der Waals surface area contributed by atoms with E-state index in [1.165, 1.54) is 19.2 Å². The number of hydrogen-bond donors (Lipinski definition) is 2. The second kappa shape index (κ2) is 9.76. The highest BCUT2D eigenvalue weighted by atomic mass is 19.1. The second-order valence-electron chi connectivity index (χ2n) is 5.05. The smallest absolute Gasteiger partial charge is 0.303 e. The molecule has 0 unspecified atom stereocenters. The first kappa shape index (κ1) is 17.9. The third-order valence-electron chi connectivity index (χ3n) is 3.22. The van der Waals surface area contributed by atoms with E-state index in [2.05, 4.69) is 5.32 Å². The Labute approximate surface area is 129 Å². The number of amides is 1. The minimum Gasteiger partial charge on any atom is -0.494 e. The van der Waals surface area contributed by atoms with Gasteiger partial charge in [0.05, 0.1) is 13.5 Å². The van der Waals surface area contributed by atoms with Gasteiger partial charge in [-0.05, 0) is 30.5 Å². The zero-order valence-electron chi connectivity index (χ0n) is 12.7. The number of carboxylic acid groups (broad SMARTS) is 1. The summed E-state index contributed by atoms with van der Waals surface area (Å²) in [7, 11) is 1.39. The van der Waals surface area contributed by atoms with E-state index < -0.39 is 11.8 Å². The van der Waals surface area contributed by atoms with E-state index in [1.807, 2.05) is 0 Å². The van der Waals surface area contributed by atoms with Gasteiger partial charge in [-0.2, -0.15) is 0 Å². The van der Waals surface area contributed by atoms with Gasteiger partial charge in [0.1, 0.15) is 0 Å². The van der Waals surface area contributed by atoms with E-state index in [-0.39, 0.29) is 24.5 Å². The van der Waals surface area contributed by atoms with Crippen molar-refractivity contribution in [2.75, 3.05) is 13.7 Å². The number of carbonyl (C=O) groups excluding carboxylic acids is 1. The van der Waals surface area contributed by atoms with Gasteiger partial charge in [0, 0.05) is 13.0 Å². The maximum Gasteiger partial charge on any atom is 0.303 e. The lowest BCUT2D eigenvalue weighted by atomic mass is 10.1. The van der Waals surface area contributed by atoms with Crippen LogP contribution in [0.15, 0.2) is 18.2 Å². The van der Waals surface area contributed by atoms with Crippen LogP contribution in [-0.2, 0) is 16.0 Å². The number of carbonyl (C=O) groups is 2. The van der Waals surface area contributed by atoms with Crippen LogP contribution in [0.3, 0.4) is 0 Å². The maximum absolute atomic E-state index is 13.5. The summed E-state index contributed by atoms with van der Waals surface area (Å²) in [6.45, 7) is 0.546. The molecule has 0 aromatic heterocycles. The Hall–Kier alpha value is -2.11. The van der Waals surface area contributed by atoms with Gasteiger partial charge < -0.3 is 15.2 Å². The Kier molecular flexibility index (Phi) is 7.96. The van der Waals surface area contributed by atoms with Gasteiger partial charge in [-0.15, -0.1) is 0 Å². The number of unbranched alkanes of at least 4 members (excludes halogenated alkanes) is 3. The predicted molar refractivity (Wildman–Crippen MR) is 80.4 cm³/mol. The number of methoxy groups -OCH3 is 1. The van der Waals surface area contributed by atoms with Gasteiger partial charge >= 0.3 is 5.97 Å². The number of halogens is 1. The normalized spacial score (nSPS) is 10.3. The van der Waals surface area contributed by atoms with Gasteiger partial charge in [0.25, 0.3) is 0 Å². The lowest BCUT2D eigenvalue weighted by Crippen LogP contribution is -2.26. The highest BCUT2D eigenvalue weighted by molar-refractivity contribution is 5.78. The number of aliphatic carboxylic acids is 1. The van der Waals surface area contributed by atoms with E-state index in [4.69, 9.17) is 9.84 Å². The van der Waals surface area contributed by atoms with Crippen LogP contribution in [0.4, 0.5) is 4.39 Å². The Balaban J connectivity index is 2.18. The molecule has 2 N–H and O–H groups in total. The number of ether oxygens (including phenoxy) is 1. The molecule has 1 aromatic rings. The van der Waals surface area contributed by atoms with Crippen LogP contribution in [0.2, 0.25) is 0 Å². The summed E-state index contributed by atoms with van der Waals surface area (Å²) in [6.07, 6.45) is 3.50. The molecule has 0 fully saturated rings. The highest BCUT2D eigenvalue weighted by Gasteiger charge is 2.07. The molecule has 0 heterocycles.